The van der Waals surface area contributed by atoms with E-state index in [9.17, 15) is 9.59 Å². The Balaban J connectivity index is 2.38. The highest BCUT2D eigenvalue weighted by molar-refractivity contribution is 6.68. The van der Waals surface area contributed by atoms with E-state index in [1.807, 2.05) is 0 Å². The van der Waals surface area contributed by atoms with Gasteiger partial charge in [0.05, 0.1) is 23.9 Å². The summed E-state index contributed by atoms with van der Waals surface area (Å²) in [6.07, 6.45) is 4.05. The van der Waals surface area contributed by atoms with Crippen molar-refractivity contribution in [2.75, 3.05) is 0 Å². The number of nitrogens with one attached hydrogen (secondary N) is 1. The molecule has 6 heteroatoms. The summed E-state index contributed by atoms with van der Waals surface area (Å²) in [5.74, 6) is -1.91. The Morgan fingerprint density at radius 2 is 2.29 bits per heavy atom. The predicted octanol–water partition coefficient (Wildman–Crippen LogP) is -0.141. The Bertz CT molecular complexity index is 456. The van der Waals surface area contributed by atoms with Crippen LogP contribution in [0, 0.1) is 0 Å². The molecule has 0 unspecified atom stereocenters. The van der Waals surface area contributed by atoms with Gasteiger partial charge in [-0.3, -0.25) is 4.79 Å². The first kappa shape index (κ1) is 8.36. The Morgan fingerprint density at radius 1 is 1.50 bits per heavy atom. The van der Waals surface area contributed by atoms with Gasteiger partial charge in [-0.15, -0.1) is 0 Å². The van der Waals surface area contributed by atoms with E-state index in [1.54, 1.807) is 0 Å². The molecule has 0 atom stereocenters. The normalized spacial score (nSPS) is 15.3. The maximum atomic E-state index is 11.1. The summed E-state index contributed by atoms with van der Waals surface area (Å²) in [4.78, 5) is 31.7. The molecule has 1 aliphatic heterocycles. The summed E-state index contributed by atoms with van der Waals surface area (Å²) >= 11 is 0. The molecular formula is C8H5N3O3. The molecular weight excluding hydrogens is 186 g/mol. The van der Waals surface area contributed by atoms with Crippen LogP contribution < -0.4 is 0 Å². The van der Waals surface area contributed by atoms with E-state index in [-0.39, 0.29) is 0 Å². The highest BCUT2D eigenvalue weighted by Crippen LogP contribution is 2.17. The Kier molecular flexibility index (Phi) is 1.74. The molecule has 0 fully saturated rings. The lowest BCUT2D eigenvalue weighted by Crippen LogP contribution is -2.18. The molecule has 70 valence electrons. The zero-order chi connectivity index (χ0) is 10.1. The molecule has 0 aliphatic carbocycles. The third-order valence-electron chi connectivity index (χ3n) is 1.71. The molecule has 2 rings (SSSR count). The minimum Gasteiger partial charge on any atom is -0.476 e. The molecule has 0 aromatic carbocycles. The number of ketones is 1. The largest absolute Gasteiger partial charge is 0.476 e. The second-order valence-electron chi connectivity index (χ2n) is 2.62. The molecule has 14 heavy (non-hydrogen) atoms. The first-order chi connectivity index (χ1) is 6.68. The van der Waals surface area contributed by atoms with Gasteiger partial charge in [0.1, 0.15) is 0 Å². The fraction of sp³-hybridized carbons (Fsp3) is 0. The average molecular weight is 191 g/mol. The van der Waals surface area contributed by atoms with Crippen molar-refractivity contribution in [1.82, 2.24) is 9.97 Å². The molecule has 0 spiro atoms. The van der Waals surface area contributed by atoms with E-state index in [0.29, 0.717) is 11.4 Å². The number of carboxylic acids is 1. The lowest BCUT2D eigenvalue weighted by molar-refractivity contribution is -0.130. The summed E-state index contributed by atoms with van der Waals surface area (Å²) in [6, 6.07) is 0. The van der Waals surface area contributed by atoms with Gasteiger partial charge in [0.2, 0.25) is 5.78 Å². The molecule has 0 saturated heterocycles. The van der Waals surface area contributed by atoms with Gasteiger partial charge in [0.25, 0.3) is 0 Å². The number of aliphatic imine (C=N–C) groups is 1. The number of imidazole rings is 1. The highest BCUT2D eigenvalue weighted by atomic mass is 16.4. The highest BCUT2D eigenvalue weighted by Gasteiger charge is 2.25. The van der Waals surface area contributed by atoms with E-state index in [1.165, 1.54) is 12.5 Å². The number of nitrogens with zero attached hydrogens (tertiary/aromatic N) is 2. The minimum atomic E-state index is -1.32. The van der Waals surface area contributed by atoms with Gasteiger partial charge < -0.3 is 10.1 Å². The van der Waals surface area contributed by atoms with Crippen molar-refractivity contribution < 1.29 is 14.7 Å². The van der Waals surface area contributed by atoms with Crippen LogP contribution in [0.15, 0.2) is 23.6 Å². The minimum absolute atomic E-state index is 0.296. The third-order valence-corrected chi connectivity index (χ3v) is 1.71. The van der Waals surface area contributed by atoms with Crippen LogP contribution >= 0.6 is 0 Å². The van der Waals surface area contributed by atoms with E-state index in [0.717, 1.165) is 6.08 Å². The van der Waals surface area contributed by atoms with E-state index in [2.05, 4.69) is 15.0 Å². The Labute approximate surface area is 78.0 Å². The maximum Gasteiger partial charge on any atom is 0.358 e. The topological polar surface area (TPSA) is 95.4 Å². The molecule has 0 saturated carbocycles. The number of hydrogen-bond donors (Lipinski definition) is 2. The van der Waals surface area contributed by atoms with Gasteiger partial charge in [-0.05, 0) is 0 Å². The molecule has 2 N–H and O–H groups in total. The monoisotopic (exact) mass is 191 g/mol. The molecule has 1 aliphatic rings. The van der Waals surface area contributed by atoms with Gasteiger partial charge in [0.15, 0.2) is 5.71 Å². The number of H-pyrrole nitrogens is 1. The van der Waals surface area contributed by atoms with Crippen LogP contribution in [0.5, 0.6) is 0 Å². The van der Waals surface area contributed by atoms with Crippen LogP contribution in [0.1, 0.15) is 5.69 Å². The van der Waals surface area contributed by atoms with Crippen molar-refractivity contribution in [3.05, 3.63) is 24.3 Å². The van der Waals surface area contributed by atoms with Crippen LogP contribution in [0.25, 0.3) is 5.70 Å². The van der Waals surface area contributed by atoms with Crippen LogP contribution in [0.2, 0.25) is 0 Å². The fourth-order valence-electron chi connectivity index (χ4n) is 1.09. The predicted molar refractivity (Wildman–Crippen MR) is 46.6 cm³/mol. The zero-order valence-corrected chi connectivity index (χ0v) is 6.89. The smallest absolute Gasteiger partial charge is 0.358 e. The number of aliphatic carboxylic acids is 1. The number of carbonyl (C=O) groups excluding carboxylic acids is 1. The molecule has 6 nitrogen and oxygen atoms in total. The number of carbonyl (C=O) groups is 2. The Hall–Kier alpha value is -2.24. The van der Waals surface area contributed by atoms with E-state index < -0.39 is 17.5 Å². The molecule has 0 amide bonds. The number of allylic oxidation sites excluding steroid dienone is 1. The average Bonchev–Trinajstić information content (AvgIpc) is 2.70. The molecule has 2 heterocycles. The second kappa shape index (κ2) is 2.91. The third kappa shape index (κ3) is 1.22. The van der Waals surface area contributed by atoms with Crippen molar-refractivity contribution in [1.29, 1.82) is 0 Å². The van der Waals surface area contributed by atoms with E-state index >= 15 is 0 Å². The lowest BCUT2D eigenvalue weighted by atomic mass is 10.2. The quantitative estimate of drug-likeness (QED) is 0.679. The SMILES string of the molecule is O=C(O)C1=NC(c2cnc[nH]2)=CC1=O. The molecule has 0 radical (unpaired) electrons. The standard InChI is InChI=1S/C8H5N3O3/c12-6-1-4(5-2-9-3-10-5)11-7(6)8(13)14/h1-3H,(H,9,10)(H,13,14). The first-order valence-electron chi connectivity index (χ1n) is 3.75. The summed E-state index contributed by atoms with van der Waals surface area (Å²) < 4.78 is 0. The van der Waals surface area contributed by atoms with Crippen molar-refractivity contribution in [2.45, 2.75) is 0 Å². The van der Waals surface area contributed by atoms with Crippen LogP contribution in [-0.4, -0.2) is 32.5 Å². The number of rotatable bonds is 2. The van der Waals surface area contributed by atoms with Crippen LogP contribution in [0.4, 0.5) is 0 Å². The number of hydrogen-bond acceptors (Lipinski definition) is 4. The fourth-order valence-corrected chi connectivity index (χ4v) is 1.09. The van der Waals surface area contributed by atoms with Crippen LogP contribution in [-0.2, 0) is 9.59 Å². The molecule has 1 aromatic heterocycles. The Morgan fingerprint density at radius 3 is 2.79 bits per heavy atom. The zero-order valence-electron chi connectivity index (χ0n) is 6.89. The van der Waals surface area contributed by atoms with Crippen molar-refractivity contribution in [2.24, 2.45) is 4.99 Å². The molecule has 1 aromatic rings. The van der Waals surface area contributed by atoms with Gasteiger partial charge in [-0.25, -0.2) is 14.8 Å². The van der Waals surface area contributed by atoms with Gasteiger partial charge >= 0.3 is 5.97 Å². The first-order valence-corrected chi connectivity index (χ1v) is 3.75. The van der Waals surface area contributed by atoms with Crippen molar-refractivity contribution in [3.63, 3.8) is 0 Å². The number of aromatic nitrogens is 2. The summed E-state index contributed by atoms with van der Waals surface area (Å²) in [5, 5.41) is 8.59. The van der Waals surface area contributed by atoms with Gasteiger partial charge in [0, 0.05) is 6.08 Å². The summed E-state index contributed by atoms with van der Waals surface area (Å²) in [5.41, 5.74) is 0.356. The van der Waals surface area contributed by atoms with Gasteiger partial charge in [-0.2, -0.15) is 0 Å². The summed E-state index contributed by atoms with van der Waals surface area (Å²) in [7, 11) is 0. The van der Waals surface area contributed by atoms with Crippen LogP contribution in [0.3, 0.4) is 0 Å². The molecule has 0 bridgehead atoms. The maximum absolute atomic E-state index is 11.1. The second-order valence-corrected chi connectivity index (χ2v) is 2.62. The van der Waals surface area contributed by atoms with Crippen molar-refractivity contribution in [3.8, 4) is 0 Å². The van der Waals surface area contributed by atoms with Gasteiger partial charge in [-0.1, -0.05) is 0 Å². The summed E-state index contributed by atoms with van der Waals surface area (Å²) in [6.45, 7) is 0. The number of aromatic amines is 1. The van der Waals surface area contributed by atoms with Crippen molar-refractivity contribution >= 4 is 23.2 Å². The number of carboxylic acid groups (broad SMARTS) is 1. The lowest BCUT2D eigenvalue weighted by Gasteiger charge is -1.90. The van der Waals surface area contributed by atoms with E-state index in [4.69, 9.17) is 5.11 Å².